The number of pyridine rings is 1. The summed E-state index contributed by atoms with van der Waals surface area (Å²) in [7, 11) is 1.65. The van der Waals surface area contributed by atoms with E-state index >= 15 is 0 Å². The van der Waals surface area contributed by atoms with Gasteiger partial charge in [0.25, 0.3) is 0 Å². The van der Waals surface area contributed by atoms with Gasteiger partial charge in [0.05, 0.1) is 19.4 Å². The number of rotatable bonds is 7. The fourth-order valence-corrected chi connectivity index (χ4v) is 4.38. The smallest absolute Gasteiger partial charge is 0.213 e. The third-order valence-electron chi connectivity index (χ3n) is 5.82. The minimum Gasteiger partial charge on any atom is -0.481 e. The van der Waals surface area contributed by atoms with E-state index in [1.165, 1.54) is 11.1 Å². The molecule has 4 rings (SSSR count). The van der Waals surface area contributed by atoms with Gasteiger partial charge in [0.15, 0.2) is 6.29 Å². The van der Waals surface area contributed by atoms with Gasteiger partial charge in [0.2, 0.25) is 5.88 Å². The summed E-state index contributed by atoms with van der Waals surface area (Å²) in [5, 5.41) is 3.75. The van der Waals surface area contributed by atoms with Crippen molar-refractivity contribution in [2.75, 3.05) is 26.8 Å². The molecule has 6 heteroatoms. The predicted octanol–water partition coefficient (Wildman–Crippen LogP) is 3.67. The molecule has 6 nitrogen and oxygen atoms in total. The van der Waals surface area contributed by atoms with Crippen LogP contribution in [0.2, 0.25) is 0 Å². The molecule has 2 aromatic rings. The molecule has 3 atom stereocenters. The number of nitrogens with one attached hydrogen (secondary N) is 1. The van der Waals surface area contributed by atoms with Crippen LogP contribution in [0.5, 0.6) is 5.88 Å². The first-order valence-corrected chi connectivity index (χ1v) is 11.0. The lowest BCUT2D eigenvalue weighted by Crippen LogP contribution is -2.50. The van der Waals surface area contributed by atoms with Crippen molar-refractivity contribution in [1.29, 1.82) is 0 Å². The van der Waals surface area contributed by atoms with Crippen LogP contribution in [0.25, 0.3) is 0 Å². The monoisotopic (exact) mass is 411 g/mol. The Morgan fingerprint density at radius 3 is 2.77 bits per heavy atom. The van der Waals surface area contributed by atoms with Crippen LogP contribution in [0.4, 0.5) is 0 Å². The van der Waals surface area contributed by atoms with Crippen molar-refractivity contribution in [1.82, 2.24) is 15.2 Å². The molecule has 1 unspecified atom stereocenters. The SMILES string of the molecule is COc1ccc([C@H]2CN(Cc3ccccc3)C[C@@H](C)N2)c(COC2CCCCO2)n1. The molecule has 0 amide bonds. The minimum absolute atomic E-state index is 0.132. The van der Waals surface area contributed by atoms with E-state index in [9.17, 15) is 0 Å². The molecule has 2 saturated heterocycles. The van der Waals surface area contributed by atoms with Crippen LogP contribution in [0.3, 0.4) is 0 Å². The molecule has 1 N–H and O–H groups in total. The summed E-state index contributed by atoms with van der Waals surface area (Å²) in [5.74, 6) is 0.618. The van der Waals surface area contributed by atoms with Crippen LogP contribution in [0.1, 0.15) is 49.0 Å². The zero-order valence-electron chi connectivity index (χ0n) is 18.0. The average molecular weight is 412 g/mol. The molecule has 2 fully saturated rings. The van der Waals surface area contributed by atoms with Crippen LogP contribution in [-0.2, 0) is 22.6 Å². The Hall–Kier alpha value is -1.99. The number of nitrogens with zero attached hydrogens (tertiary/aromatic N) is 2. The maximum atomic E-state index is 6.07. The highest BCUT2D eigenvalue weighted by Gasteiger charge is 2.28. The molecule has 0 saturated carbocycles. The lowest BCUT2D eigenvalue weighted by atomic mass is 10.00. The molecular weight excluding hydrogens is 378 g/mol. The first-order valence-electron chi connectivity index (χ1n) is 11.0. The Labute approximate surface area is 179 Å². The molecule has 0 bridgehead atoms. The summed E-state index contributed by atoms with van der Waals surface area (Å²) in [6.07, 6.45) is 3.08. The number of methoxy groups -OCH3 is 1. The summed E-state index contributed by atoms with van der Waals surface area (Å²) >= 11 is 0. The van der Waals surface area contributed by atoms with Crippen molar-refractivity contribution >= 4 is 0 Å². The molecule has 0 spiro atoms. The molecule has 0 radical (unpaired) electrons. The van der Waals surface area contributed by atoms with Crippen LogP contribution < -0.4 is 10.1 Å². The zero-order valence-corrected chi connectivity index (χ0v) is 18.0. The van der Waals surface area contributed by atoms with Gasteiger partial charge < -0.3 is 19.5 Å². The highest BCUT2D eigenvalue weighted by atomic mass is 16.7. The van der Waals surface area contributed by atoms with Crippen molar-refractivity contribution < 1.29 is 14.2 Å². The summed E-state index contributed by atoms with van der Waals surface area (Å²) < 4.78 is 17.2. The number of piperazine rings is 1. The number of ether oxygens (including phenoxy) is 3. The first-order chi connectivity index (χ1) is 14.7. The first kappa shape index (κ1) is 21.2. The van der Waals surface area contributed by atoms with E-state index < -0.39 is 0 Å². The van der Waals surface area contributed by atoms with Gasteiger partial charge >= 0.3 is 0 Å². The third kappa shape index (κ3) is 5.58. The van der Waals surface area contributed by atoms with Gasteiger partial charge in [-0.1, -0.05) is 36.4 Å². The Balaban J connectivity index is 1.49. The van der Waals surface area contributed by atoms with Crippen molar-refractivity contribution in [3.63, 3.8) is 0 Å². The summed E-state index contributed by atoms with van der Waals surface area (Å²) in [6.45, 7) is 6.36. The molecule has 2 aliphatic rings. The maximum Gasteiger partial charge on any atom is 0.213 e. The van der Waals surface area contributed by atoms with Crippen molar-refractivity contribution in [3.05, 3.63) is 59.3 Å². The van der Waals surface area contributed by atoms with Gasteiger partial charge in [-0.25, -0.2) is 4.98 Å². The average Bonchev–Trinajstić information content (AvgIpc) is 2.78. The van der Waals surface area contributed by atoms with E-state index in [1.54, 1.807) is 7.11 Å². The van der Waals surface area contributed by atoms with Crippen LogP contribution in [-0.4, -0.2) is 49.0 Å². The molecule has 0 aliphatic carbocycles. The van der Waals surface area contributed by atoms with Crippen molar-refractivity contribution in [2.45, 2.75) is 57.7 Å². The fourth-order valence-electron chi connectivity index (χ4n) is 4.38. The highest BCUT2D eigenvalue weighted by Crippen LogP contribution is 2.26. The summed E-state index contributed by atoms with van der Waals surface area (Å²) in [5.41, 5.74) is 3.45. The second kappa shape index (κ2) is 10.4. The number of hydrogen-bond acceptors (Lipinski definition) is 6. The minimum atomic E-state index is -0.132. The number of benzene rings is 1. The second-order valence-corrected chi connectivity index (χ2v) is 8.30. The standard InChI is InChI=1S/C24H33N3O3/c1-18-14-27(15-19-8-4-3-5-9-19)16-21(25-18)20-11-12-23(28-2)26-22(20)17-30-24-10-6-7-13-29-24/h3-5,8-9,11-12,18,21,24-25H,6-7,10,13-17H2,1-2H3/t18-,21-,24?/m1/s1. The van der Waals surface area contributed by atoms with Crippen molar-refractivity contribution in [2.24, 2.45) is 0 Å². The van der Waals surface area contributed by atoms with E-state index in [4.69, 9.17) is 19.2 Å². The molecule has 2 aliphatic heterocycles. The lowest BCUT2D eigenvalue weighted by molar-refractivity contribution is -0.169. The van der Waals surface area contributed by atoms with E-state index in [-0.39, 0.29) is 12.3 Å². The second-order valence-electron chi connectivity index (χ2n) is 8.30. The molecule has 162 valence electrons. The van der Waals surface area contributed by atoms with E-state index in [1.807, 2.05) is 6.07 Å². The molecular formula is C24H33N3O3. The maximum absolute atomic E-state index is 6.07. The van der Waals surface area contributed by atoms with Crippen LogP contribution >= 0.6 is 0 Å². The summed E-state index contributed by atoms with van der Waals surface area (Å²) in [4.78, 5) is 7.24. The largest absolute Gasteiger partial charge is 0.481 e. The van der Waals surface area contributed by atoms with Crippen LogP contribution in [0.15, 0.2) is 42.5 Å². The molecule has 30 heavy (non-hydrogen) atoms. The predicted molar refractivity (Wildman–Crippen MR) is 116 cm³/mol. The highest BCUT2D eigenvalue weighted by molar-refractivity contribution is 5.29. The number of hydrogen-bond donors (Lipinski definition) is 1. The van der Waals surface area contributed by atoms with Gasteiger partial charge in [0.1, 0.15) is 0 Å². The van der Waals surface area contributed by atoms with Gasteiger partial charge in [-0.3, -0.25) is 4.90 Å². The van der Waals surface area contributed by atoms with Gasteiger partial charge in [-0.05, 0) is 37.3 Å². The fraction of sp³-hybridized carbons (Fsp3) is 0.542. The van der Waals surface area contributed by atoms with E-state index in [0.717, 1.165) is 51.2 Å². The van der Waals surface area contributed by atoms with E-state index in [0.29, 0.717) is 18.5 Å². The normalized spacial score (nSPS) is 25.2. The Morgan fingerprint density at radius 1 is 1.13 bits per heavy atom. The Kier molecular flexibility index (Phi) is 7.33. The Bertz CT molecular complexity index is 796. The van der Waals surface area contributed by atoms with E-state index in [2.05, 4.69) is 53.5 Å². The molecule has 1 aromatic carbocycles. The summed E-state index contributed by atoms with van der Waals surface area (Å²) in [6, 6.07) is 15.3. The van der Waals surface area contributed by atoms with Gasteiger partial charge in [-0.15, -0.1) is 0 Å². The zero-order chi connectivity index (χ0) is 20.8. The molecule has 1 aromatic heterocycles. The third-order valence-corrected chi connectivity index (χ3v) is 5.82. The van der Waals surface area contributed by atoms with Gasteiger partial charge in [-0.2, -0.15) is 0 Å². The lowest BCUT2D eigenvalue weighted by Gasteiger charge is -2.38. The van der Waals surface area contributed by atoms with Crippen LogP contribution in [0, 0.1) is 0 Å². The Morgan fingerprint density at radius 2 is 2.00 bits per heavy atom. The molecule has 3 heterocycles. The topological polar surface area (TPSA) is 55.9 Å². The number of aromatic nitrogens is 1. The van der Waals surface area contributed by atoms with Gasteiger partial charge in [0, 0.05) is 44.4 Å². The van der Waals surface area contributed by atoms with Crippen molar-refractivity contribution in [3.8, 4) is 5.88 Å². The quantitative estimate of drug-likeness (QED) is 0.750.